The fourth-order valence-electron chi connectivity index (χ4n) is 2.73. The fourth-order valence-corrected chi connectivity index (χ4v) is 2.73. The number of rotatable bonds is 5. The molecule has 1 aromatic rings. The predicted molar refractivity (Wildman–Crippen MR) is 86.0 cm³/mol. The van der Waals surface area contributed by atoms with E-state index in [0.717, 1.165) is 25.7 Å². The van der Waals surface area contributed by atoms with Crippen molar-refractivity contribution in [3.05, 3.63) is 41.7 Å². The summed E-state index contributed by atoms with van der Waals surface area (Å²) < 4.78 is 18.0. The standard InChI is InChI=1S/C18H22FNO3/c1-20(16-8-3-2-4-9-16)17(21)13-23-18(22)11-10-14-6-5-7-15(19)12-14/h5-7,10-12,16H,2-4,8-9,13H2,1H3. The van der Waals surface area contributed by atoms with Gasteiger partial charge in [-0.3, -0.25) is 4.79 Å². The SMILES string of the molecule is CN(C(=O)COC(=O)C=Cc1cccc(F)c1)C1CCCCC1. The Morgan fingerprint density at radius 1 is 1.30 bits per heavy atom. The molecule has 1 fully saturated rings. The van der Waals surface area contributed by atoms with Gasteiger partial charge in [-0.25, -0.2) is 9.18 Å². The Balaban J connectivity index is 1.78. The van der Waals surface area contributed by atoms with Gasteiger partial charge >= 0.3 is 5.97 Å². The lowest BCUT2D eigenvalue weighted by Crippen LogP contribution is -2.40. The van der Waals surface area contributed by atoms with Crippen molar-refractivity contribution < 1.29 is 18.7 Å². The molecule has 0 atom stereocenters. The number of benzene rings is 1. The van der Waals surface area contributed by atoms with Crippen molar-refractivity contribution in [2.45, 2.75) is 38.1 Å². The molecular weight excluding hydrogens is 297 g/mol. The smallest absolute Gasteiger partial charge is 0.331 e. The zero-order chi connectivity index (χ0) is 16.7. The number of carbonyl (C=O) groups excluding carboxylic acids is 2. The van der Waals surface area contributed by atoms with Crippen LogP contribution in [0.2, 0.25) is 0 Å². The second-order valence-electron chi connectivity index (χ2n) is 5.79. The summed E-state index contributed by atoms with van der Waals surface area (Å²) in [5, 5.41) is 0. The zero-order valence-corrected chi connectivity index (χ0v) is 13.3. The van der Waals surface area contributed by atoms with Crippen LogP contribution < -0.4 is 0 Å². The molecule has 5 heteroatoms. The monoisotopic (exact) mass is 319 g/mol. The molecule has 0 spiro atoms. The largest absolute Gasteiger partial charge is 0.452 e. The second kappa shape index (κ2) is 8.46. The van der Waals surface area contributed by atoms with Gasteiger partial charge in [0.15, 0.2) is 6.61 Å². The van der Waals surface area contributed by atoms with Crippen molar-refractivity contribution in [1.82, 2.24) is 4.90 Å². The van der Waals surface area contributed by atoms with E-state index in [2.05, 4.69) is 0 Å². The van der Waals surface area contributed by atoms with Crippen molar-refractivity contribution >= 4 is 18.0 Å². The van der Waals surface area contributed by atoms with Crippen molar-refractivity contribution in [2.75, 3.05) is 13.7 Å². The first-order valence-corrected chi connectivity index (χ1v) is 7.92. The topological polar surface area (TPSA) is 46.6 Å². The molecule has 2 rings (SSSR count). The lowest BCUT2D eigenvalue weighted by atomic mass is 9.94. The van der Waals surface area contributed by atoms with Crippen LogP contribution in [0.5, 0.6) is 0 Å². The zero-order valence-electron chi connectivity index (χ0n) is 13.3. The molecule has 0 unspecified atom stereocenters. The number of carbonyl (C=O) groups is 2. The van der Waals surface area contributed by atoms with Crippen molar-refractivity contribution in [2.24, 2.45) is 0 Å². The lowest BCUT2D eigenvalue weighted by molar-refractivity contribution is -0.148. The number of hydrogen-bond donors (Lipinski definition) is 0. The van der Waals surface area contributed by atoms with Crippen LogP contribution in [0.15, 0.2) is 30.3 Å². The Labute approximate surface area is 135 Å². The van der Waals surface area contributed by atoms with E-state index in [1.165, 1.54) is 30.7 Å². The van der Waals surface area contributed by atoms with E-state index >= 15 is 0 Å². The van der Waals surface area contributed by atoms with Gasteiger partial charge in [-0.1, -0.05) is 31.4 Å². The van der Waals surface area contributed by atoms with E-state index in [4.69, 9.17) is 4.74 Å². The minimum absolute atomic E-state index is 0.190. The first-order valence-electron chi connectivity index (χ1n) is 7.92. The number of ether oxygens (including phenoxy) is 1. The molecular formula is C18H22FNO3. The highest BCUT2D eigenvalue weighted by Gasteiger charge is 2.22. The van der Waals surface area contributed by atoms with E-state index in [1.54, 1.807) is 24.1 Å². The van der Waals surface area contributed by atoms with Crippen LogP contribution in [0.3, 0.4) is 0 Å². The van der Waals surface area contributed by atoms with Crippen LogP contribution in [0, 0.1) is 5.82 Å². The summed E-state index contributed by atoms with van der Waals surface area (Å²) in [4.78, 5) is 25.4. The average Bonchev–Trinajstić information content (AvgIpc) is 2.58. The first kappa shape index (κ1) is 17.2. The highest BCUT2D eigenvalue weighted by atomic mass is 19.1. The number of nitrogens with zero attached hydrogens (tertiary/aromatic N) is 1. The summed E-state index contributed by atoms with van der Waals surface area (Å²) in [6, 6.07) is 6.12. The van der Waals surface area contributed by atoms with Crippen LogP contribution >= 0.6 is 0 Å². The van der Waals surface area contributed by atoms with Gasteiger partial charge in [-0.15, -0.1) is 0 Å². The van der Waals surface area contributed by atoms with E-state index in [0.29, 0.717) is 5.56 Å². The molecule has 0 aromatic heterocycles. The quantitative estimate of drug-likeness (QED) is 0.618. The molecule has 1 aliphatic carbocycles. The molecule has 0 radical (unpaired) electrons. The number of halogens is 1. The summed E-state index contributed by atoms with van der Waals surface area (Å²) in [6.07, 6.45) is 8.17. The summed E-state index contributed by atoms with van der Waals surface area (Å²) in [7, 11) is 1.76. The van der Waals surface area contributed by atoms with Gasteiger partial charge in [0.25, 0.3) is 5.91 Å². The van der Waals surface area contributed by atoms with E-state index in [9.17, 15) is 14.0 Å². The number of likely N-dealkylation sites (N-methyl/N-ethyl adjacent to an activating group) is 1. The Morgan fingerprint density at radius 2 is 2.04 bits per heavy atom. The summed E-state index contributed by atoms with van der Waals surface area (Å²) in [5.74, 6) is -1.17. The van der Waals surface area contributed by atoms with Gasteiger partial charge in [0, 0.05) is 19.2 Å². The average molecular weight is 319 g/mol. The third-order valence-electron chi connectivity index (χ3n) is 4.11. The maximum atomic E-state index is 13.0. The molecule has 0 bridgehead atoms. The van der Waals surface area contributed by atoms with E-state index in [-0.39, 0.29) is 24.4 Å². The normalized spacial score (nSPS) is 15.6. The molecule has 1 aliphatic rings. The Morgan fingerprint density at radius 3 is 2.74 bits per heavy atom. The van der Waals surface area contributed by atoms with Gasteiger partial charge in [0.05, 0.1) is 0 Å². The molecule has 0 saturated heterocycles. The molecule has 1 amide bonds. The van der Waals surface area contributed by atoms with E-state index < -0.39 is 5.97 Å². The fraction of sp³-hybridized carbons (Fsp3) is 0.444. The minimum Gasteiger partial charge on any atom is -0.452 e. The van der Waals surface area contributed by atoms with Gasteiger partial charge in [-0.05, 0) is 36.6 Å². The predicted octanol–water partition coefficient (Wildman–Crippen LogP) is 3.17. The van der Waals surface area contributed by atoms with E-state index in [1.807, 2.05) is 0 Å². The maximum absolute atomic E-state index is 13.0. The molecule has 0 N–H and O–H groups in total. The Hall–Kier alpha value is -2.17. The molecule has 0 heterocycles. The molecule has 23 heavy (non-hydrogen) atoms. The van der Waals surface area contributed by atoms with Crippen LogP contribution in [0.4, 0.5) is 4.39 Å². The van der Waals surface area contributed by atoms with Crippen LogP contribution in [-0.4, -0.2) is 36.5 Å². The molecule has 0 aliphatic heterocycles. The Kier molecular flexibility index (Phi) is 6.32. The van der Waals surface area contributed by atoms with Gasteiger partial charge in [0.1, 0.15) is 5.82 Å². The minimum atomic E-state index is -0.611. The lowest BCUT2D eigenvalue weighted by Gasteiger charge is -2.31. The molecule has 1 saturated carbocycles. The van der Waals surface area contributed by atoms with Crippen LogP contribution in [-0.2, 0) is 14.3 Å². The van der Waals surface area contributed by atoms with Crippen molar-refractivity contribution in [3.63, 3.8) is 0 Å². The number of esters is 1. The third-order valence-corrected chi connectivity index (χ3v) is 4.11. The summed E-state index contributed by atoms with van der Waals surface area (Å²) in [5.41, 5.74) is 0.563. The van der Waals surface area contributed by atoms with Crippen LogP contribution in [0.1, 0.15) is 37.7 Å². The highest BCUT2D eigenvalue weighted by molar-refractivity contribution is 5.89. The second-order valence-corrected chi connectivity index (χ2v) is 5.79. The molecule has 1 aromatic carbocycles. The maximum Gasteiger partial charge on any atom is 0.331 e. The summed E-state index contributed by atoms with van der Waals surface area (Å²) >= 11 is 0. The van der Waals surface area contributed by atoms with Gasteiger partial charge in [-0.2, -0.15) is 0 Å². The molecule has 124 valence electrons. The third kappa shape index (κ3) is 5.51. The number of hydrogen-bond acceptors (Lipinski definition) is 3. The van der Waals surface area contributed by atoms with Crippen LogP contribution in [0.25, 0.3) is 6.08 Å². The van der Waals surface area contributed by atoms with Crippen molar-refractivity contribution in [3.8, 4) is 0 Å². The highest BCUT2D eigenvalue weighted by Crippen LogP contribution is 2.21. The van der Waals surface area contributed by atoms with Gasteiger partial charge in [0.2, 0.25) is 0 Å². The Bertz CT molecular complexity index is 579. The molecule has 4 nitrogen and oxygen atoms in total. The summed E-state index contributed by atoms with van der Waals surface area (Å²) in [6.45, 7) is -0.265. The van der Waals surface area contributed by atoms with Crippen molar-refractivity contribution in [1.29, 1.82) is 0 Å². The van der Waals surface area contributed by atoms with Gasteiger partial charge < -0.3 is 9.64 Å². The first-order chi connectivity index (χ1) is 11.1. The number of amides is 1.